The van der Waals surface area contributed by atoms with E-state index >= 15 is 0 Å². The molecule has 0 spiro atoms. The van der Waals surface area contributed by atoms with Gasteiger partial charge in [-0.05, 0) is 49.1 Å². The Morgan fingerprint density at radius 2 is 2.07 bits per heavy atom. The van der Waals surface area contributed by atoms with Crippen LogP contribution in [-0.2, 0) is 16.7 Å². The summed E-state index contributed by atoms with van der Waals surface area (Å²) in [5.41, 5.74) is 2.09. The standard InChI is InChI=1S/C22H28FN3O/c23-19-5-3-4-18(14-19)22(9-13-27-17-22)16-25-20-7-11-26(12-8-20)15-21-6-1-2-10-24-21/h1-6,10,14,20,25H,7-9,11-13,15-17H2. The molecule has 2 saturated heterocycles. The average Bonchev–Trinajstić information content (AvgIpc) is 3.19. The van der Waals surface area contributed by atoms with Gasteiger partial charge in [0.2, 0.25) is 0 Å². The number of nitrogens with one attached hydrogen (secondary N) is 1. The fourth-order valence-electron chi connectivity index (χ4n) is 4.25. The first-order chi connectivity index (χ1) is 13.2. The number of pyridine rings is 1. The maximum Gasteiger partial charge on any atom is 0.123 e. The SMILES string of the molecule is Fc1cccc(C2(CNC3CCN(Cc4ccccn4)CC3)CCOC2)c1. The maximum atomic E-state index is 13.7. The molecule has 5 heteroatoms. The zero-order valence-corrected chi connectivity index (χ0v) is 15.7. The van der Waals surface area contributed by atoms with Gasteiger partial charge in [0, 0.05) is 50.4 Å². The summed E-state index contributed by atoms with van der Waals surface area (Å²) in [5.74, 6) is -0.165. The molecule has 2 aliphatic rings. The topological polar surface area (TPSA) is 37.4 Å². The molecule has 1 aromatic heterocycles. The number of aromatic nitrogens is 1. The number of piperidine rings is 1. The van der Waals surface area contributed by atoms with Gasteiger partial charge in [-0.1, -0.05) is 18.2 Å². The highest BCUT2D eigenvalue weighted by atomic mass is 19.1. The first-order valence-corrected chi connectivity index (χ1v) is 9.93. The predicted octanol–water partition coefficient (Wildman–Crippen LogP) is 3.13. The molecule has 144 valence electrons. The minimum Gasteiger partial charge on any atom is -0.380 e. The molecule has 0 radical (unpaired) electrons. The lowest BCUT2D eigenvalue weighted by molar-refractivity contribution is 0.164. The monoisotopic (exact) mass is 369 g/mol. The van der Waals surface area contributed by atoms with E-state index in [1.165, 1.54) is 6.07 Å². The van der Waals surface area contributed by atoms with Crippen LogP contribution in [0.4, 0.5) is 4.39 Å². The second-order valence-electron chi connectivity index (χ2n) is 7.85. The number of hydrogen-bond donors (Lipinski definition) is 1. The number of hydrogen-bond acceptors (Lipinski definition) is 4. The Balaban J connectivity index is 1.31. The van der Waals surface area contributed by atoms with Gasteiger partial charge in [0.1, 0.15) is 5.82 Å². The van der Waals surface area contributed by atoms with Crippen LogP contribution in [0.15, 0.2) is 48.7 Å². The van der Waals surface area contributed by atoms with E-state index in [1.807, 2.05) is 24.4 Å². The Hall–Kier alpha value is -1.82. The van der Waals surface area contributed by atoms with Crippen molar-refractivity contribution in [3.8, 4) is 0 Å². The van der Waals surface area contributed by atoms with E-state index < -0.39 is 0 Å². The molecule has 1 unspecified atom stereocenters. The van der Waals surface area contributed by atoms with Gasteiger partial charge in [0.15, 0.2) is 0 Å². The lowest BCUT2D eigenvalue weighted by Crippen LogP contribution is -2.47. The molecule has 2 fully saturated rings. The van der Waals surface area contributed by atoms with Gasteiger partial charge in [-0.25, -0.2) is 4.39 Å². The summed E-state index contributed by atoms with van der Waals surface area (Å²) in [6.07, 6.45) is 5.07. The largest absolute Gasteiger partial charge is 0.380 e. The van der Waals surface area contributed by atoms with Crippen molar-refractivity contribution in [1.82, 2.24) is 15.2 Å². The van der Waals surface area contributed by atoms with Gasteiger partial charge in [-0.2, -0.15) is 0 Å². The Morgan fingerprint density at radius 3 is 2.78 bits per heavy atom. The van der Waals surface area contributed by atoms with E-state index in [0.717, 1.165) is 63.3 Å². The van der Waals surface area contributed by atoms with Gasteiger partial charge in [0.25, 0.3) is 0 Å². The number of benzene rings is 1. The third kappa shape index (κ3) is 4.54. The first kappa shape index (κ1) is 18.5. The fourth-order valence-corrected chi connectivity index (χ4v) is 4.25. The Labute approximate surface area is 160 Å². The average molecular weight is 369 g/mol. The molecule has 1 atom stereocenters. The smallest absolute Gasteiger partial charge is 0.123 e. The third-order valence-electron chi connectivity index (χ3n) is 5.97. The van der Waals surface area contributed by atoms with Crippen LogP contribution in [-0.4, -0.2) is 48.8 Å². The van der Waals surface area contributed by atoms with Crippen LogP contribution in [0.3, 0.4) is 0 Å². The van der Waals surface area contributed by atoms with Crippen LogP contribution >= 0.6 is 0 Å². The normalized spacial score (nSPS) is 24.3. The molecule has 3 heterocycles. The van der Waals surface area contributed by atoms with E-state index in [0.29, 0.717) is 12.6 Å². The van der Waals surface area contributed by atoms with Crippen LogP contribution in [0.2, 0.25) is 0 Å². The van der Waals surface area contributed by atoms with Gasteiger partial charge < -0.3 is 10.1 Å². The molecule has 4 rings (SSSR count). The van der Waals surface area contributed by atoms with E-state index in [4.69, 9.17) is 4.74 Å². The Bertz CT molecular complexity index is 725. The molecule has 1 N–H and O–H groups in total. The molecular formula is C22H28FN3O. The highest BCUT2D eigenvalue weighted by molar-refractivity contribution is 5.28. The van der Waals surface area contributed by atoms with Crippen molar-refractivity contribution in [2.45, 2.75) is 37.3 Å². The third-order valence-corrected chi connectivity index (χ3v) is 5.97. The van der Waals surface area contributed by atoms with Gasteiger partial charge in [-0.15, -0.1) is 0 Å². The predicted molar refractivity (Wildman–Crippen MR) is 104 cm³/mol. The number of rotatable bonds is 6. The van der Waals surface area contributed by atoms with Gasteiger partial charge in [0.05, 0.1) is 12.3 Å². The van der Waals surface area contributed by atoms with Crippen LogP contribution in [0.25, 0.3) is 0 Å². The number of likely N-dealkylation sites (tertiary alicyclic amines) is 1. The molecule has 0 saturated carbocycles. The summed E-state index contributed by atoms with van der Waals surface area (Å²) >= 11 is 0. The number of ether oxygens (including phenoxy) is 1. The van der Waals surface area contributed by atoms with E-state index in [2.05, 4.69) is 21.3 Å². The van der Waals surface area contributed by atoms with E-state index in [1.54, 1.807) is 12.1 Å². The second kappa shape index (κ2) is 8.46. The Morgan fingerprint density at radius 1 is 1.19 bits per heavy atom. The summed E-state index contributed by atoms with van der Waals surface area (Å²) in [4.78, 5) is 6.90. The molecule has 2 aliphatic heterocycles. The lowest BCUT2D eigenvalue weighted by atomic mass is 9.79. The first-order valence-electron chi connectivity index (χ1n) is 9.93. The van der Waals surface area contributed by atoms with Crippen molar-refractivity contribution in [3.63, 3.8) is 0 Å². The van der Waals surface area contributed by atoms with Crippen molar-refractivity contribution in [1.29, 1.82) is 0 Å². The zero-order valence-electron chi connectivity index (χ0n) is 15.7. The maximum absolute atomic E-state index is 13.7. The zero-order chi connectivity index (χ0) is 18.5. The van der Waals surface area contributed by atoms with E-state index in [9.17, 15) is 4.39 Å². The quantitative estimate of drug-likeness (QED) is 0.849. The van der Waals surface area contributed by atoms with Crippen LogP contribution in [0.5, 0.6) is 0 Å². The fraction of sp³-hybridized carbons (Fsp3) is 0.500. The molecule has 27 heavy (non-hydrogen) atoms. The van der Waals surface area contributed by atoms with Crippen molar-refractivity contribution >= 4 is 0 Å². The molecule has 4 nitrogen and oxygen atoms in total. The van der Waals surface area contributed by atoms with Crippen molar-refractivity contribution in [2.24, 2.45) is 0 Å². The highest BCUT2D eigenvalue weighted by Gasteiger charge is 2.37. The van der Waals surface area contributed by atoms with Crippen molar-refractivity contribution in [2.75, 3.05) is 32.8 Å². The van der Waals surface area contributed by atoms with E-state index in [-0.39, 0.29) is 11.2 Å². The molecule has 1 aromatic carbocycles. The van der Waals surface area contributed by atoms with Gasteiger partial charge in [-0.3, -0.25) is 9.88 Å². The van der Waals surface area contributed by atoms with Crippen LogP contribution in [0, 0.1) is 5.82 Å². The molecule has 0 bridgehead atoms. The van der Waals surface area contributed by atoms with Crippen LogP contribution in [0.1, 0.15) is 30.5 Å². The summed E-state index contributed by atoms with van der Waals surface area (Å²) in [6.45, 7) is 5.36. The second-order valence-corrected chi connectivity index (χ2v) is 7.85. The Kier molecular flexibility index (Phi) is 5.81. The molecular weight excluding hydrogens is 341 g/mol. The molecule has 0 aliphatic carbocycles. The lowest BCUT2D eigenvalue weighted by Gasteiger charge is -2.35. The van der Waals surface area contributed by atoms with Crippen LogP contribution < -0.4 is 5.32 Å². The van der Waals surface area contributed by atoms with Gasteiger partial charge >= 0.3 is 0 Å². The minimum atomic E-state index is -0.165. The molecule has 0 amide bonds. The molecule has 2 aromatic rings. The van der Waals surface area contributed by atoms with Crippen molar-refractivity contribution in [3.05, 3.63) is 65.7 Å². The summed E-state index contributed by atoms with van der Waals surface area (Å²) in [7, 11) is 0. The summed E-state index contributed by atoms with van der Waals surface area (Å²) in [6, 6.07) is 13.6. The minimum absolute atomic E-state index is 0.104. The highest BCUT2D eigenvalue weighted by Crippen LogP contribution is 2.33. The summed E-state index contributed by atoms with van der Waals surface area (Å²) < 4.78 is 19.4. The number of halogens is 1. The summed E-state index contributed by atoms with van der Waals surface area (Å²) in [5, 5.41) is 3.76. The number of nitrogens with zero attached hydrogens (tertiary/aromatic N) is 2. The van der Waals surface area contributed by atoms with Crippen molar-refractivity contribution < 1.29 is 9.13 Å².